The molecular formula is C15H21O5Si. The summed E-state index contributed by atoms with van der Waals surface area (Å²) in [5.41, 5.74) is 0.0509. The van der Waals surface area contributed by atoms with Crippen LogP contribution in [0.5, 0.6) is 0 Å². The molecule has 0 aliphatic rings. The largest absolute Gasteiger partial charge is 0.478 e. The first-order valence-corrected chi connectivity index (χ1v) is 9.02. The Morgan fingerprint density at radius 1 is 1.10 bits per heavy atom. The number of benzene rings is 1. The van der Waals surface area contributed by atoms with Gasteiger partial charge in [0.05, 0.1) is 17.2 Å². The van der Waals surface area contributed by atoms with E-state index >= 15 is 0 Å². The molecule has 1 aromatic rings. The SMILES string of the molecule is C[Si](C)OC(c1ccc(C(=O)O)c(C(=O)O)c1)C(C)(C)C. The fourth-order valence-corrected chi connectivity index (χ4v) is 3.03. The first-order chi connectivity index (χ1) is 9.54. The van der Waals surface area contributed by atoms with Crippen LogP contribution in [0.2, 0.25) is 13.1 Å². The van der Waals surface area contributed by atoms with Crippen LogP contribution in [0.1, 0.15) is 53.2 Å². The van der Waals surface area contributed by atoms with Gasteiger partial charge in [0.2, 0.25) is 9.04 Å². The van der Waals surface area contributed by atoms with Crippen molar-refractivity contribution in [1.29, 1.82) is 0 Å². The van der Waals surface area contributed by atoms with E-state index in [-0.39, 0.29) is 22.6 Å². The average molecular weight is 309 g/mol. The molecule has 0 bridgehead atoms. The van der Waals surface area contributed by atoms with Gasteiger partial charge < -0.3 is 14.6 Å². The highest BCUT2D eigenvalue weighted by atomic mass is 28.3. The molecule has 21 heavy (non-hydrogen) atoms. The van der Waals surface area contributed by atoms with Crippen molar-refractivity contribution >= 4 is 21.0 Å². The van der Waals surface area contributed by atoms with Gasteiger partial charge in [-0.05, 0) is 36.2 Å². The molecule has 0 spiro atoms. The van der Waals surface area contributed by atoms with Gasteiger partial charge in [0.25, 0.3) is 0 Å². The number of hydrogen-bond donors (Lipinski definition) is 2. The number of aromatic carboxylic acids is 2. The molecule has 1 rings (SSSR count). The molecule has 115 valence electrons. The van der Waals surface area contributed by atoms with E-state index in [1.807, 2.05) is 33.9 Å². The van der Waals surface area contributed by atoms with E-state index in [4.69, 9.17) is 9.53 Å². The highest BCUT2D eigenvalue weighted by Crippen LogP contribution is 2.37. The standard InChI is InChI=1S/C15H21O5Si/c1-15(2,3)12(20-21(4)5)9-6-7-10(13(16)17)11(8-9)14(18)19/h6-8,12H,1-5H3,(H,16,17)(H,18,19). The van der Waals surface area contributed by atoms with Gasteiger partial charge in [-0.15, -0.1) is 0 Å². The summed E-state index contributed by atoms with van der Waals surface area (Å²) in [5.74, 6) is -2.50. The summed E-state index contributed by atoms with van der Waals surface area (Å²) < 4.78 is 6.00. The lowest BCUT2D eigenvalue weighted by molar-refractivity contribution is 0.0648. The van der Waals surface area contributed by atoms with Gasteiger partial charge in [-0.3, -0.25) is 0 Å². The van der Waals surface area contributed by atoms with Crippen molar-refractivity contribution in [2.45, 2.75) is 40.0 Å². The maximum absolute atomic E-state index is 11.3. The second kappa shape index (κ2) is 6.40. The van der Waals surface area contributed by atoms with Crippen LogP contribution in [0, 0.1) is 5.41 Å². The third-order valence-corrected chi connectivity index (χ3v) is 3.65. The molecule has 0 fully saturated rings. The Labute approximate surface area is 126 Å². The summed E-state index contributed by atoms with van der Waals surface area (Å²) >= 11 is 0. The first kappa shape index (κ1) is 17.4. The maximum atomic E-state index is 11.3. The fourth-order valence-electron chi connectivity index (χ4n) is 2.07. The molecule has 1 unspecified atom stereocenters. The molecule has 0 saturated carbocycles. The molecule has 0 saturated heterocycles. The minimum Gasteiger partial charge on any atom is -0.478 e. The Bertz CT molecular complexity index is 545. The Morgan fingerprint density at radius 3 is 2.00 bits per heavy atom. The third kappa shape index (κ3) is 4.40. The van der Waals surface area contributed by atoms with Gasteiger partial charge in [-0.1, -0.05) is 26.8 Å². The van der Waals surface area contributed by atoms with Crippen LogP contribution >= 0.6 is 0 Å². The Morgan fingerprint density at radius 2 is 1.62 bits per heavy atom. The number of carboxylic acids is 2. The number of carbonyl (C=O) groups is 2. The van der Waals surface area contributed by atoms with Crippen LogP contribution in [0.15, 0.2) is 18.2 Å². The Hall–Kier alpha value is -1.66. The molecular weight excluding hydrogens is 288 g/mol. The topological polar surface area (TPSA) is 83.8 Å². The van der Waals surface area contributed by atoms with E-state index in [0.29, 0.717) is 5.56 Å². The Kier molecular flexibility index (Phi) is 5.30. The smallest absolute Gasteiger partial charge is 0.336 e. The number of carboxylic acid groups (broad SMARTS) is 2. The van der Waals surface area contributed by atoms with Crippen molar-refractivity contribution in [3.63, 3.8) is 0 Å². The summed E-state index contributed by atoms with van der Waals surface area (Å²) in [7, 11) is -0.985. The van der Waals surface area contributed by atoms with E-state index in [2.05, 4.69) is 0 Å². The summed E-state index contributed by atoms with van der Waals surface area (Å²) in [6.45, 7) is 10.0. The van der Waals surface area contributed by atoms with E-state index in [0.717, 1.165) is 0 Å². The molecule has 0 heterocycles. The molecule has 1 atom stereocenters. The van der Waals surface area contributed by atoms with Crippen LogP contribution in [0.3, 0.4) is 0 Å². The summed E-state index contributed by atoms with van der Waals surface area (Å²) in [6, 6.07) is 4.38. The van der Waals surface area contributed by atoms with Crippen molar-refractivity contribution in [1.82, 2.24) is 0 Å². The molecule has 2 N–H and O–H groups in total. The predicted octanol–water partition coefficient (Wildman–Crippen LogP) is 3.44. The zero-order chi connectivity index (χ0) is 16.4. The molecule has 1 aromatic carbocycles. The molecule has 0 aliphatic carbocycles. The zero-order valence-corrected chi connectivity index (χ0v) is 13.9. The lowest BCUT2D eigenvalue weighted by Crippen LogP contribution is -2.26. The minimum absolute atomic E-state index is 0.209. The van der Waals surface area contributed by atoms with Gasteiger partial charge in [-0.25, -0.2) is 9.59 Å². The van der Waals surface area contributed by atoms with Crippen molar-refractivity contribution in [3.8, 4) is 0 Å². The van der Waals surface area contributed by atoms with Crippen molar-refractivity contribution in [2.24, 2.45) is 5.41 Å². The maximum Gasteiger partial charge on any atom is 0.336 e. The van der Waals surface area contributed by atoms with Crippen LogP contribution in [0.25, 0.3) is 0 Å². The summed E-state index contributed by atoms with van der Waals surface area (Å²) in [4.78, 5) is 22.4. The lowest BCUT2D eigenvalue weighted by atomic mass is 9.84. The van der Waals surface area contributed by atoms with Crippen LogP contribution in [-0.4, -0.2) is 31.2 Å². The average Bonchev–Trinajstić information content (AvgIpc) is 2.33. The van der Waals surface area contributed by atoms with E-state index in [9.17, 15) is 14.7 Å². The molecule has 1 radical (unpaired) electrons. The molecule has 0 aromatic heterocycles. The normalized spacial score (nSPS) is 13.2. The van der Waals surface area contributed by atoms with E-state index < -0.39 is 21.0 Å². The Balaban J connectivity index is 3.37. The third-order valence-electron chi connectivity index (χ3n) is 2.95. The van der Waals surface area contributed by atoms with Crippen LogP contribution in [-0.2, 0) is 4.43 Å². The van der Waals surface area contributed by atoms with Gasteiger partial charge in [0, 0.05) is 0 Å². The van der Waals surface area contributed by atoms with Gasteiger partial charge in [-0.2, -0.15) is 0 Å². The van der Waals surface area contributed by atoms with E-state index in [1.165, 1.54) is 12.1 Å². The fraction of sp³-hybridized carbons (Fsp3) is 0.467. The predicted molar refractivity (Wildman–Crippen MR) is 81.1 cm³/mol. The van der Waals surface area contributed by atoms with Crippen molar-refractivity contribution < 1.29 is 24.2 Å². The van der Waals surface area contributed by atoms with Gasteiger partial charge >= 0.3 is 11.9 Å². The summed E-state index contributed by atoms with van der Waals surface area (Å²) in [5, 5.41) is 18.3. The molecule has 6 heteroatoms. The monoisotopic (exact) mass is 309 g/mol. The minimum atomic E-state index is -1.25. The van der Waals surface area contributed by atoms with Crippen LogP contribution < -0.4 is 0 Å². The van der Waals surface area contributed by atoms with Crippen LogP contribution in [0.4, 0.5) is 0 Å². The first-order valence-electron chi connectivity index (χ1n) is 6.61. The molecule has 0 amide bonds. The van der Waals surface area contributed by atoms with Gasteiger partial charge in [0.1, 0.15) is 0 Å². The second-order valence-electron chi connectivity index (χ2n) is 6.19. The highest BCUT2D eigenvalue weighted by molar-refractivity contribution is 6.48. The van der Waals surface area contributed by atoms with Crippen molar-refractivity contribution in [2.75, 3.05) is 0 Å². The van der Waals surface area contributed by atoms with E-state index in [1.54, 1.807) is 6.07 Å². The second-order valence-corrected chi connectivity index (χ2v) is 8.24. The number of hydrogen-bond acceptors (Lipinski definition) is 3. The summed E-state index contributed by atoms with van der Waals surface area (Å²) in [6.07, 6.45) is -0.276. The zero-order valence-electron chi connectivity index (χ0n) is 12.9. The molecule has 0 aliphatic heterocycles. The van der Waals surface area contributed by atoms with Gasteiger partial charge in [0.15, 0.2) is 0 Å². The number of rotatable bonds is 5. The highest BCUT2D eigenvalue weighted by Gasteiger charge is 2.29. The lowest BCUT2D eigenvalue weighted by Gasteiger charge is -2.33. The molecule has 5 nitrogen and oxygen atoms in total. The van der Waals surface area contributed by atoms with Crippen molar-refractivity contribution in [3.05, 3.63) is 34.9 Å². The quantitative estimate of drug-likeness (QED) is 0.814.